The van der Waals surface area contributed by atoms with Crippen molar-refractivity contribution in [1.29, 1.82) is 0 Å². The number of guanidine groups is 1. The lowest BCUT2D eigenvalue weighted by atomic mass is 10.1. The smallest absolute Gasteiger partial charge is 0.191 e. The van der Waals surface area contributed by atoms with Crippen LogP contribution >= 0.6 is 35.7 Å². The predicted molar refractivity (Wildman–Crippen MR) is 102 cm³/mol. The van der Waals surface area contributed by atoms with Gasteiger partial charge in [-0.3, -0.25) is 0 Å². The second-order valence-corrected chi connectivity index (χ2v) is 5.83. The number of aryl methyl sites for hydroxylation is 1. The molecule has 0 aliphatic heterocycles. The van der Waals surface area contributed by atoms with E-state index >= 15 is 0 Å². The van der Waals surface area contributed by atoms with Gasteiger partial charge in [0.1, 0.15) is 0 Å². The number of thioether (sulfide) groups is 1. The number of halogens is 1. The normalized spacial score (nSPS) is 12.5. The van der Waals surface area contributed by atoms with Crippen molar-refractivity contribution >= 4 is 41.7 Å². The monoisotopic (exact) mass is 407 g/mol. The Hall–Kier alpha value is -0.430. The molecule has 0 saturated heterocycles. The summed E-state index contributed by atoms with van der Waals surface area (Å²) in [5.41, 5.74) is 2.57. The van der Waals surface area contributed by atoms with Gasteiger partial charge in [0.25, 0.3) is 0 Å². The van der Waals surface area contributed by atoms with Crippen LogP contribution in [0, 0.1) is 6.92 Å². The summed E-state index contributed by atoms with van der Waals surface area (Å²) in [5, 5.41) is 7.25. The molecule has 1 aromatic rings. The summed E-state index contributed by atoms with van der Waals surface area (Å²) in [5.74, 6) is 0.895. The highest BCUT2D eigenvalue weighted by atomic mass is 127. The standard InChI is InChI=1S/C15H25N3S.HI/c1-5-16-15(17-10-13(3)19-4)18-11-14-9-7-6-8-12(14)2;/h6-9,13H,5,10-11H2,1-4H3,(H2,16,17,18);1H. The summed E-state index contributed by atoms with van der Waals surface area (Å²) in [7, 11) is 0. The Labute approximate surface area is 144 Å². The van der Waals surface area contributed by atoms with Gasteiger partial charge in [0.05, 0.1) is 6.54 Å². The number of nitrogens with one attached hydrogen (secondary N) is 2. The topological polar surface area (TPSA) is 36.4 Å². The molecule has 0 bridgehead atoms. The number of benzene rings is 1. The SMILES string of the molecule is CCNC(=NCc1ccccc1C)NCC(C)SC.I. The number of aliphatic imine (C=N–C) groups is 1. The Morgan fingerprint density at radius 1 is 1.30 bits per heavy atom. The van der Waals surface area contributed by atoms with E-state index in [1.807, 2.05) is 11.8 Å². The molecule has 0 radical (unpaired) electrons. The maximum Gasteiger partial charge on any atom is 0.191 e. The van der Waals surface area contributed by atoms with Crippen LogP contribution in [-0.2, 0) is 6.54 Å². The van der Waals surface area contributed by atoms with E-state index in [0.29, 0.717) is 5.25 Å². The van der Waals surface area contributed by atoms with E-state index in [9.17, 15) is 0 Å². The van der Waals surface area contributed by atoms with Crippen molar-refractivity contribution in [3.63, 3.8) is 0 Å². The van der Waals surface area contributed by atoms with Gasteiger partial charge in [-0.25, -0.2) is 4.99 Å². The Morgan fingerprint density at radius 3 is 2.60 bits per heavy atom. The molecular formula is C15H26IN3S. The lowest BCUT2D eigenvalue weighted by Crippen LogP contribution is -2.40. The minimum Gasteiger partial charge on any atom is -0.357 e. The fourth-order valence-electron chi connectivity index (χ4n) is 1.62. The van der Waals surface area contributed by atoms with Crippen LogP contribution in [-0.4, -0.2) is 30.6 Å². The molecule has 20 heavy (non-hydrogen) atoms. The third-order valence-corrected chi connectivity index (χ3v) is 3.94. The highest BCUT2D eigenvalue weighted by molar-refractivity contribution is 14.0. The summed E-state index contributed by atoms with van der Waals surface area (Å²) >= 11 is 1.86. The molecule has 5 heteroatoms. The average molecular weight is 407 g/mol. The second kappa shape index (κ2) is 11.3. The molecule has 0 aliphatic carbocycles. The van der Waals surface area contributed by atoms with Gasteiger partial charge in [-0.05, 0) is 31.2 Å². The maximum atomic E-state index is 4.64. The molecule has 0 spiro atoms. The number of nitrogens with zero attached hydrogens (tertiary/aromatic N) is 1. The van der Waals surface area contributed by atoms with Gasteiger partial charge < -0.3 is 10.6 Å². The first-order valence-electron chi connectivity index (χ1n) is 6.76. The third kappa shape index (κ3) is 7.38. The quantitative estimate of drug-likeness (QED) is 0.431. The Balaban J connectivity index is 0.00000361. The van der Waals surface area contributed by atoms with E-state index in [1.165, 1.54) is 11.1 Å². The molecule has 114 valence electrons. The highest BCUT2D eigenvalue weighted by Gasteiger charge is 2.02. The maximum absolute atomic E-state index is 4.64. The molecule has 2 N–H and O–H groups in total. The van der Waals surface area contributed by atoms with Gasteiger partial charge in [0.2, 0.25) is 0 Å². The van der Waals surface area contributed by atoms with Gasteiger partial charge in [-0.15, -0.1) is 24.0 Å². The van der Waals surface area contributed by atoms with Crippen LogP contribution in [0.25, 0.3) is 0 Å². The molecule has 1 rings (SSSR count). The third-order valence-electron chi connectivity index (χ3n) is 2.97. The molecule has 1 atom stereocenters. The van der Waals surface area contributed by atoms with E-state index in [2.05, 4.69) is 66.9 Å². The van der Waals surface area contributed by atoms with Gasteiger partial charge >= 0.3 is 0 Å². The number of rotatable bonds is 6. The van der Waals surface area contributed by atoms with Gasteiger partial charge in [-0.1, -0.05) is 31.2 Å². The summed E-state index contributed by atoms with van der Waals surface area (Å²) in [6, 6.07) is 8.38. The summed E-state index contributed by atoms with van der Waals surface area (Å²) in [4.78, 5) is 4.64. The van der Waals surface area contributed by atoms with Crippen LogP contribution in [0.2, 0.25) is 0 Å². The van der Waals surface area contributed by atoms with E-state index in [1.54, 1.807) is 0 Å². The van der Waals surface area contributed by atoms with Crippen molar-refractivity contribution in [3.8, 4) is 0 Å². The Kier molecular flexibility index (Phi) is 11.0. The predicted octanol–water partition coefficient (Wildman–Crippen LogP) is 3.42. The van der Waals surface area contributed by atoms with Crippen LogP contribution in [0.1, 0.15) is 25.0 Å². The largest absolute Gasteiger partial charge is 0.357 e. The number of hydrogen-bond donors (Lipinski definition) is 2. The van der Waals surface area contributed by atoms with Crippen molar-refractivity contribution in [2.75, 3.05) is 19.3 Å². The second-order valence-electron chi connectivity index (χ2n) is 4.55. The first kappa shape index (κ1) is 19.6. The molecule has 0 aliphatic rings. The van der Waals surface area contributed by atoms with E-state index < -0.39 is 0 Å². The van der Waals surface area contributed by atoms with Crippen molar-refractivity contribution < 1.29 is 0 Å². The summed E-state index contributed by atoms with van der Waals surface area (Å²) in [6.07, 6.45) is 2.13. The van der Waals surface area contributed by atoms with Crippen molar-refractivity contribution in [2.45, 2.75) is 32.6 Å². The van der Waals surface area contributed by atoms with Gasteiger partial charge in [0, 0.05) is 18.3 Å². The minimum absolute atomic E-state index is 0. The zero-order valence-corrected chi connectivity index (χ0v) is 15.9. The van der Waals surface area contributed by atoms with Crippen molar-refractivity contribution in [2.24, 2.45) is 4.99 Å². The van der Waals surface area contributed by atoms with Gasteiger partial charge in [0.15, 0.2) is 5.96 Å². The van der Waals surface area contributed by atoms with Crippen LogP contribution < -0.4 is 10.6 Å². The molecule has 1 unspecified atom stereocenters. The number of hydrogen-bond acceptors (Lipinski definition) is 2. The van der Waals surface area contributed by atoms with Crippen LogP contribution in [0.15, 0.2) is 29.3 Å². The fourth-order valence-corrected chi connectivity index (χ4v) is 1.87. The molecular weight excluding hydrogens is 381 g/mol. The van der Waals surface area contributed by atoms with Crippen LogP contribution in [0.3, 0.4) is 0 Å². The molecule has 0 heterocycles. The van der Waals surface area contributed by atoms with Crippen LogP contribution in [0.5, 0.6) is 0 Å². The highest BCUT2D eigenvalue weighted by Crippen LogP contribution is 2.08. The molecule has 0 aromatic heterocycles. The lowest BCUT2D eigenvalue weighted by Gasteiger charge is -2.14. The summed E-state index contributed by atoms with van der Waals surface area (Å²) < 4.78 is 0. The first-order chi connectivity index (χ1) is 9.17. The Bertz CT molecular complexity index is 410. The zero-order valence-electron chi connectivity index (χ0n) is 12.8. The minimum atomic E-state index is 0. The van der Waals surface area contributed by atoms with E-state index in [4.69, 9.17) is 0 Å². The first-order valence-corrected chi connectivity index (χ1v) is 8.05. The fraction of sp³-hybridized carbons (Fsp3) is 0.533. The molecule has 0 saturated carbocycles. The zero-order chi connectivity index (χ0) is 14.1. The van der Waals surface area contributed by atoms with E-state index in [0.717, 1.165) is 25.6 Å². The molecule has 1 aromatic carbocycles. The summed E-state index contributed by atoms with van der Waals surface area (Å²) in [6.45, 7) is 8.95. The Morgan fingerprint density at radius 2 is 2.00 bits per heavy atom. The average Bonchev–Trinajstić information content (AvgIpc) is 2.43. The van der Waals surface area contributed by atoms with Gasteiger partial charge in [-0.2, -0.15) is 11.8 Å². The van der Waals surface area contributed by atoms with Crippen LogP contribution in [0.4, 0.5) is 0 Å². The lowest BCUT2D eigenvalue weighted by molar-refractivity contribution is 0.795. The van der Waals surface area contributed by atoms with E-state index in [-0.39, 0.29) is 24.0 Å². The van der Waals surface area contributed by atoms with Crippen molar-refractivity contribution in [1.82, 2.24) is 10.6 Å². The molecule has 0 fully saturated rings. The molecule has 3 nitrogen and oxygen atoms in total. The van der Waals surface area contributed by atoms with Crippen molar-refractivity contribution in [3.05, 3.63) is 35.4 Å². The molecule has 0 amide bonds.